The number of aryl methyl sites for hydroxylation is 1. The highest BCUT2D eigenvalue weighted by molar-refractivity contribution is 5.80. The molecule has 2 heterocycles. The normalized spacial score (nSPS) is 16.1. The molecule has 0 atom stereocenters. The van der Waals surface area contributed by atoms with Gasteiger partial charge in [-0.05, 0) is 38.0 Å². The molecule has 1 aliphatic rings. The van der Waals surface area contributed by atoms with Crippen molar-refractivity contribution in [1.29, 1.82) is 0 Å². The van der Waals surface area contributed by atoms with Crippen LogP contribution in [0, 0.1) is 12.7 Å². The Balaban J connectivity index is 1.96. The Morgan fingerprint density at radius 2 is 1.91 bits per heavy atom. The Morgan fingerprint density at radius 1 is 1.13 bits per heavy atom. The zero-order chi connectivity index (χ0) is 15.8. The third-order valence-electron chi connectivity index (χ3n) is 4.77. The zero-order valence-electron chi connectivity index (χ0n) is 13.3. The van der Waals surface area contributed by atoms with E-state index in [1.807, 2.05) is 31.3 Å². The van der Waals surface area contributed by atoms with Gasteiger partial charge in [-0.25, -0.2) is 9.37 Å². The number of halogens is 1. The van der Waals surface area contributed by atoms with Crippen molar-refractivity contribution in [1.82, 2.24) is 14.5 Å². The van der Waals surface area contributed by atoms with Gasteiger partial charge >= 0.3 is 0 Å². The number of nitrogens with zero attached hydrogens (tertiary/aromatic N) is 3. The first-order valence-corrected chi connectivity index (χ1v) is 8.33. The molecule has 1 fully saturated rings. The third kappa shape index (κ3) is 2.52. The van der Waals surface area contributed by atoms with Crippen molar-refractivity contribution >= 4 is 11.0 Å². The van der Waals surface area contributed by atoms with Gasteiger partial charge in [-0.2, -0.15) is 0 Å². The molecule has 1 aliphatic carbocycles. The lowest BCUT2D eigenvalue weighted by Gasteiger charge is -2.25. The first kappa shape index (κ1) is 14.4. The molecule has 0 aliphatic heterocycles. The summed E-state index contributed by atoms with van der Waals surface area (Å²) in [6.07, 6.45) is 7.87. The average Bonchev–Trinajstić information content (AvgIpc) is 2.94. The second-order valence-corrected chi connectivity index (χ2v) is 6.39. The van der Waals surface area contributed by atoms with Crippen LogP contribution in [0.2, 0.25) is 0 Å². The average molecular weight is 309 g/mol. The van der Waals surface area contributed by atoms with E-state index >= 15 is 0 Å². The smallest absolute Gasteiger partial charge is 0.144 e. The van der Waals surface area contributed by atoms with Crippen molar-refractivity contribution in [2.75, 3.05) is 0 Å². The first-order chi connectivity index (χ1) is 11.2. The summed E-state index contributed by atoms with van der Waals surface area (Å²) in [7, 11) is 0. The van der Waals surface area contributed by atoms with E-state index in [1.54, 1.807) is 6.07 Å². The van der Waals surface area contributed by atoms with E-state index in [0.717, 1.165) is 35.4 Å². The van der Waals surface area contributed by atoms with E-state index in [4.69, 9.17) is 4.98 Å². The van der Waals surface area contributed by atoms with Crippen LogP contribution in [0.4, 0.5) is 4.39 Å². The molecule has 118 valence electrons. The summed E-state index contributed by atoms with van der Waals surface area (Å²) in [5.74, 6) is 0.516. The third-order valence-corrected chi connectivity index (χ3v) is 4.77. The molecule has 0 amide bonds. The fraction of sp³-hybridized carbons (Fsp3) is 0.368. The van der Waals surface area contributed by atoms with Crippen LogP contribution in [-0.4, -0.2) is 14.5 Å². The van der Waals surface area contributed by atoms with Crippen molar-refractivity contribution in [3.8, 4) is 11.4 Å². The van der Waals surface area contributed by atoms with Crippen molar-refractivity contribution < 1.29 is 4.39 Å². The number of hydrogen-bond donors (Lipinski definition) is 0. The van der Waals surface area contributed by atoms with Crippen molar-refractivity contribution in [2.24, 2.45) is 0 Å². The summed E-state index contributed by atoms with van der Waals surface area (Å²) in [6.45, 7) is 1.96. The second kappa shape index (κ2) is 5.76. The van der Waals surface area contributed by atoms with Crippen LogP contribution < -0.4 is 0 Å². The molecule has 0 saturated heterocycles. The molecular formula is C19H20FN3. The number of rotatable bonds is 2. The minimum absolute atomic E-state index is 0.218. The van der Waals surface area contributed by atoms with Gasteiger partial charge in [-0.3, -0.25) is 4.98 Å². The lowest BCUT2D eigenvalue weighted by atomic mass is 9.95. The Labute approximate surface area is 135 Å². The summed E-state index contributed by atoms with van der Waals surface area (Å²) in [4.78, 5) is 9.20. The molecule has 3 nitrogen and oxygen atoms in total. The molecule has 23 heavy (non-hydrogen) atoms. The number of hydrogen-bond acceptors (Lipinski definition) is 2. The van der Waals surface area contributed by atoms with Crippen LogP contribution in [0.3, 0.4) is 0 Å². The lowest BCUT2D eigenvalue weighted by Crippen LogP contribution is -2.14. The predicted molar refractivity (Wildman–Crippen MR) is 89.8 cm³/mol. The summed E-state index contributed by atoms with van der Waals surface area (Å²) in [5, 5.41) is 0. The topological polar surface area (TPSA) is 30.7 Å². The van der Waals surface area contributed by atoms with Gasteiger partial charge in [0.05, 0.1) is 22.8 Å². The number of imidazole rings is 1. The fourth-order valence-corrected chi connectivity index (χ4v) is 3.64. The molecule has 3 aromatic rings. The Morgan fingerprint density at radius 3 is 2.70 bits per heavy atom. The van der Waals surface area contributed by atoms with E-state index in [2.05, 4.69) is 9.55 Å². The number of aromatic nitrogens is 3. The number of fused-ring (bicyclic) bond motifs is 1. The van der Waals surface area contributed by atoms with Gasteiger partial charge in [-0.15, -0.1) is 0 Å². The van der Waals surface area contributed by atoms with Gasteiger partial charge in [0, 0.05) is 11.7 Å². The van der Waals surface area contributed by atoms with E-state index in [9.17, 15) is 4.39 Å². The lowest BCUT2D eigenvalue weighted by molar-refractivity contribution is 0.361. The van der Waals surface area contributed by atoms with E-state index in [-0.39, 0.29) is 5.82 Å². The van der Waals surface area contributed by atoms with E-state index in [1.165, 1.54) is 25.3 Å². The highest BCUT2D eigenvalue weighted by Gasteiger charge is 2.23. The molecule has 4 rings (SSSR count). The molecule has 2 aromatic heterocycles. The first-order valence-electron chi connectivity index (χ1n) is 8.33. The maximum Gasteiger partial charge on any atom is 0.144 e. The quantitative estimate of drug-likeness (QED) is 0.663. The summed E-state index contributed by atoms with van der Waals surface area (Å²) in [5.41, 5.74) is 3.43. The van der Waals surface area contributed by atoms with Gasteiger partial charge in [0.2, 0.25) is 0 Å². The molecule has 0 N–H and O–H groups in total. The van der Waals surface area contributed by atoms with Gasteiger partial charge in [0.1, 0.15) is 11.6 Å². The maximum absolute atomic E-state index is 14.4. The molecule has 1 saturated carbocycles. The van der Waals surface area contributed by atoms with Crippen LogP contribution in [0.25, 0.3) is 22.4 Å². The SMILES string of the molecule is Cc1cc2nc(-c3ccccc3F)n(C3CCCCC3)c2cn1. The monoisotopic (exact) mass is 309 g/mol. The molecule has 0 bridgehead atoms. The number of pyridine rings is 1. The summed E-state index contributed by atoms with van der Waals surface area (Å²) >= 11 is 0. The van der Waals surface area contributed by atoms with E-state index in [0.29, 0.717) is 11.6 Å². The zero-order valence-corrected chi connectivity index (χ0v) is 13.3. The van der Waals surface area contributed by atoms with Gasteiger partial charge in [0.25, 0.3) is 0 Å². The Hall–Kier alpha value is -2.23. The molecular weight excluding hydrogens is 289 g/mol. The van der Waals surface area contributed by atoms with Crippen molar-refractivity contribution in [2.45, 2.75) is 45.1 Å². The predicted octanol–water partition coefficient (Wildman–Crippen LogP) is 5.05. The highest BCUT2D eigenvalue weighted by Crippen LogP contribution is 2.36. The standard InChI is InChI=1S/C19H20FN3/c1-13-11-17-18(12-21-13)23(14-7-3-2-4-8-14)19(22-17)15-9-5-6-10-16(15)20/h5-6,9-12,14H,2-4,7-8H2,1H3. The van der Waals surface area contributed by atoms with Crippen molar-refractivity contribution in [3.63, 3.8) is 0 Å². The second-order valence-electron chi connectivity index (χ2n) is 6.39. The minimum Gasteiger partial charge on any atom is -0.319 e. The molecule has 0 spiro atoms. The van der Waals surface area contributed by atoms with Gasteiger partial charge < -0.3 is 4.57 Å². The van der Waals surface area contributed by atoms with Gasteiger partial charge in [-0.1, -0.05) is 31.4 Å². The Bertz CT molecular complexity index is 847. The highest BCUT2D eigenvalue weighted by atomic mass is 19.1. The van der Waals surface area contributed by atoms with Gasteiger partial charge in [0.15, 0.2) is 0 Å². The minimum atomic E-state index is -0.218. The van der Waals surface area contributed by atoms with Crippen LogP contribution in [-0.2, 0) is 0 Å². The number of benzene rings is 1. The van der Waals surface area contributed by atoms with E-state index < -0.39 is 0 Å². The fourth-order valence-electron chi connectivity index (χ4n) is 3.64. The largest absolute Gasteiger partial charge is 0.319 e. The van der Waals surface area contributed by atoms with Crippen LogP contribution in [0.15, 0.2) is 36.5 Å². The van der Waals surface area contributed by atoms with Crippen LogP contribution in [0.1, 0.15) is 43.8 Å². The van der Waals surface area contributed by atoms with Crippen LogP contribution in [0.5, 0.6) is 0 Å². The Kier molecular flexibility index (Phi) is 3.60. The molecule has 4 heteroatoms. The van der Waals surface area contributed by atoms with Crippen LogP contribution >= 0.6 is 0 Å². The summed E-state index contributed by atoms with van der Waals surface area (Å²) < 4.78 is 16.6. The molecule has 0 radical (unpaired) electrons. The maximum atomic E-state index is 14.4. The van der Waals surface area contributed by atoms with Crippen molar-refractivity contribution in [3.05, 3.63) is 48.0 Å². The summed E-state index contributed by atoms with van der Waals surface area (Å²) in [6, 6.07) is 9.27. The molecule has 1 aromatic carbocycles. The molecule has 0 unspecified atom stereocenters.